The maximum atomic E-state index is 14.0. The molecule has 13 heteroatoms. The lowest BCUT2D eigenvalue weighted by Gasteiger charge is -2.13. The maximum Gasteiger partial charge on any atom is 0.344 e. The Hall–Kier alpha value is -2.77. The molecule has 0 aliphatic carbocycles. The highest BCUT2D eigenvalue weighted by atomic mass is 32.2. The largest absolute Gasteiger partial charge is 0.479 e. The van der Waals surface area contributed by atoms with Crippen molar-refractivity contribution in [3.63, 3.8) is 0 Å². The Morgan fingerprint density at radius 2 is 1.90 bits per heavy atom. The van der Waals surface area contributed by atoms with Crippen LogP contribution in [0.5, 0.6) is 5.75 Å². The summed E-state index contributed by atoms with van der Waals surface area (Å²) in [6, 6.07) is 6.68. The van der Waals surface area contributed by atoms with Gasteiger partial charge in [0.15, 0.2) is 28.4 Å². The summed E-state index contributed by atoms with van der Waals surface area (Å²) in [6.45, 7) is 0.948. The first-order chi connectivity index (χ1) is 14.0. The van der Waals surface area contributed by atoms with Crippen LogP contribution in [-0.2, 0) is 14.8 Å². The monoisotopic (exact) mass is 462 g/mol. The molecule has 0 fully saturated rings. The van der Waals surface area contributed by atoms with Crippen molar-refractivity contribution in [3.8, 4) is 5.75 Å². The number of hydrogen-bond donors (Lipinski definition) is 2. The molecule has 1 atom stereocenters. The maximum absolute atomic E-state index is 14.0. The minimum absolute atomic E-state index is 0.0600. The van der Waals surface area contributed by atoms with Crippen molar-refractivity contribution in [2.45, 2.75) is 22.8 Å². The zero-order chi connectivity index (χ0) is 22.5. The summed E-state index contributed by atoms with van der Waals surface area (Å²) in [5.74, 6) is -4.37. The SMILES string of the molecule is CC(Oc1c(F)cc(SCCNS(=O)(=O)c2ccccc2[N+](=O)[O-])cc1F)C(=O)O. The molecule has 2 rings (SSSR count). The van der Waals surface area contributed by atoms with Crippen LogP contribution in [0.1, 0.15) is 6.92 Å². The number of nitrogens with one attached hydrogen (secondary N) is 1. The third-order valence-electron chi connectivity index (χ3n) is 3.63. The minimum Gasteiger partial charge on any atom is -0.479 e. The van der Waals surface area contributed by atoms with Crippen molar-refractivity contribution < 1.29 is 36.8 Å². The predicted molar refractivity (Wildman–Crippen MR) is 103 cm³/mol. The average molecular weight is 462 g/mol. The van der Waals surface area contributed by atoms with Crippen LogP contribution < -0.4 is 9.46 Å². The van der Waals surface area contributed by atoms with Gasteiger partial charge in [-0.25, -0.2) is 26.7 Å². The number of nitrogens with zero attached hydrogens (tertiary/aromatic N) is 1. The Labute approximate surface area is 174 Å². The number of thioether (sulfide) groups is 1. The van der Waals surface area contributed by atoms with Crippen LogP contribution in [0, 0.1) is 21.7 Å². The highest BCUT2D eigenvalue weighted by Crippen LogP contribution is 2.29. The van der Waals surface area contributed by atoms with Crippen LogP contribution in [0.4, 0.5) is 14.5 Å². The van der Waals surface area contributed by atoms with Gasteiger partial charge in [0, 0.05) is 23.3 Å². The molecule has 2 aromatic rings. The summed E-state index contributed by atoms with van der Waals surface area (Å²) in [5, 5.41) is 19.7. The minimum atomic E-state index is -4.16. The molecule has 0 bridgehead atoms. The van der Waals surface area contributed by atoms with E-state index in [4.69, 9.17) is 9.84 Å². The molecule has 30 heavy (non-hydrogen) atoms. The van der Waals surface area contributed by atoms with E-state index in [1.807, 2.05) is 0 Å². The highest BCUT2D eigenvalue weighted by Gasteiger charge is 2.24. The van der Waals surface area contributed by atoms with Gasteiger partial charge < -0.3 is 9.84 Å². The molecular formula is C17H16F2N2O7S2. The zero-order valence-electron chi connectivity index (χ0n) is 15.4. The number of para-hydroxylation sites is 1. The Morgan fingerprint density at radius 3 is 2.47 bits per heavy atom. The number of halogens is 2. The molecule has 9 nitrogen and oxygen atoms in total. The number of carboxylic acids is 1. The molecule has 0 spiro atoms. The molecule has 2 N–H and O–H groups in total. The fraction of sp³-hybridized carbons (Fsp3) is 0.235. The molecule has 0 saturated carbocycles. The molecule has 0 aliphatic rings. The van der Waals surface area contributed by atoms with Gasteiger partial charge in [0.2, 0.25) is 10.0 Å². The lowest BCUT2D eigenvalue weighted by atomic mass is 10.3. The second kappa shape index (κ2) is 9.82. The summed E-state index contributed by atoms with van der Waals surface area (Å²) < 4.78 is 59.5. The number of nitro benzene ring substituents is 1. The first-order valence-electron chi connectivity index (χ1n) is 8.27. The van der Waals surface area contributed by atoms with Gasteiger partial charge in [-0.05, 0) is 25.1 Å². The fourth-order valence-corrected chi connectivity index (χ4v) is 4.36. The van der Waals surface area contributed by atoms with Crippen LogP contribution in [0.2, 0.25) is 0 Å². The molecular weight excluding hydrogens is 446 g/mol. The number of sulfonamides is 1. The number of carboxylic acid groups (broad SMARTS) is 1. The summed E-state index contributed by atoms with van der Waals surface area (Å²) >= 11 is 0.916. The van der Waals surface area contributed by atoms with E-state index in [-0.39, 0.29) is 17.2 Å². The Morgan fingerprint density at radius 1 is 1.30 bits per heavy atom. The number of nitro groups is 1. The average Bonchev–Trinajstić information content (AvgIpc) is 2.67. The highest BCUT2D eigenvalue weighted by molar-refractivity contribution is 7.99. The molecule has 1 unspecified atom stereocenters. The second-order valence-corrected chi connectivity index (χ2v) is 8.69. The summed E-state index contributed by atoms with van der Waals surface area (Å²) in [4.78, 5) is 20.5. The number of rotatable bonds is 10. The van der Waals surface area contributed by atoms with Crippen molar-refractivity contribution in [1.82, 2.24) is 4.72 Å². The van der Waals surface area contributed by atoms with Crippen LogP contribution in [0.15, 0.2) is 46.2 Å². The van der Waals surface area contributed by atoms with E-state index in [0.29, 0.717) is 0 Å². The lowest BCUT2D eigenvalue weighted by Crippen LogP contribution is -2.26. The summed E-state index contributed by atoms with van der Waals surface area (Å²) in [6.07, 6.45) is -1.45. The lowest BCUT2D eigenvalue weighted by molar-refractivity contribution is -0.387. The third kappa shape index (κ3) is 5.87. The van der Waals surface area contributed by atoms with Crippen LogP contribution in [-0.4, -0.2) is 42.8 Å². The topological polar surface area (TPSA) is 136 Å². The molecule has 0 aliphatic heterocycles. The van der Waals surface area contributed by atoms with Crippen molar-refractivity contribution in [2.24, 2.45) is 0 Å². The summed E-state index contributed by atoms with van der Waals surface area (Å²) in [7, 11) is -4.16. The van der Waals surface area contributed by atoms with Gasteiger partial charge in [-0.3, -0.25) is 10.1 Å². The van der Waals surface area contributed by atoms with E-state index in [2.05, 4.69) is 4.72 Å². The number of hydrogen-bond acceptors (Lipinski definition) is 7. The third-order valence-corrected chi connectivity index (χ3v) is 6.11. The Kier molecular flexibility index (Phi) is 7.70. The molecule has 2 aromatic carbocycles. The molecule has 0 saturated heterocycles. The van der Waals surface area contributed by atoms with Gasteiger partial charge >= 0.3 is 5.97 Å². The van der Waals surface area contributed by atoms with E-state index in [1.54, 1.807) is 0 Å². The van der Waals surface area contributed by atoms with E-state index >= 15 is 0 Å². The van der Waals surface area contributed by atoms with Gasteiger partial charge in [-0.15, -0.1) is 11.8 Å². The first-order valence-corrected chi connectivity index (χ1v) is 10.7. The smallest absolute Gasteiger partial charge is 0.344 e. The molecule has 0 aromatic heterocycles. The standard InChI is InChI=1S/C17H16F2N2O7S2/c1-10(17(22)23)28-16-12(18)8-11(9-13(16)19)29-7-6-20-30(26,27)15-5-3-2-4-14(15)21(24)25/h2-5,8-10,20H,6-7H2,1H3,(H,22,23). The second-order valence-electron chi connectivity index (χ2n) is 5.79. The molecule has 0 radical (unpaired) electrons. The predicted octanol–water partition coefficient (Wildman–Crippen LogP) is 2.80. The quantitative estimate of drug-likeness (QED) is 0.238. The van der Waals surface area contributed by atoms with E-state index in [9.17, 15) is 32.1 Å². The van der Waals surface area contributed by atoms with Crippen LogP contribution in [0.25, 0.3) is 0 Å². The zero-order valence-corrected chi connectivity index (χ0v) is 17.0. The number of ether oxygens (including phenoxy) is 1. The number of carbonyl (C=O) groups is 1. The van der Waals surface area contributed by atoms with Gasteiger partial charge in [0.05, 0.1) is 4.92 Å². The van der Waals surface area contributed by atoms with Crippen molar-refractivity contribution in [2.75, 3.05) is 12.3 Å². The molecule has 0 heterocycles. The van der Waals surface area contributed by atoms with Crippen LogP contribution in [0.3, 0.4) is 0 Å². The van der Waals surface area contributed by atoms with E-state index in [1.165, 1.54) is 12.1 Å². The van der Waals surface area contributed by atoms with E-state index in [0.717, 1.165) is 43.0 Å². The Balaban J connectivity index is 2.01. The van der Waals surface area contributed by atoms with Gasteiger partial charge in [-0.1, -0.05) is 12.1 Å². The number of benzene rings is 2. The number of aliphatic carboxylic acids is 1. The van der Waals surface area contributed by atoms with Crippen LogP contribution >= 0.6 is 11.8 Å². The van der Waals surface area contributed by atoms with E-state index < -0.39 is 55.0 Å². The Bertz CT molecular complexity index is 1040. The van der Waals surface area contributed by atoms with Gasteiger partial charge in [0.1, 0.15) is 0 Å². The van der Waals surface area contributed by atoms with Gasteiger partial charge in [0.25, 0.3) is 5.69 Å². The van der Waals surface area contributed by atoms with Crippen molar-refractivity contribution >= 4 is 33.4 Å². The van der Waals surface area contributed by atoms with Gasteiger partial charge in [-0.2, -0.15) is 0 Å². The van der Waals surface area contributed by atoms with Crippen molar-refractivity contribution in [3.05, 3.63) is 58.1 Å². The fourth-order valence-electron chi connectivity index (χ4n) is 2.22. The molecule has 162 valence electrons. The summed E-state index contributed by atoms with van der Waals surface area (Å²) in [5.41, 5.74) is -0.576. The first kappa shape index (κ1) is 23.5. The van der Waals surface area contributed by atoms with Crippen molar-refractivity contribution in [1.29, 1.82) is 0 Å². The normalized spacial score (nSPS) is 12.4. The molecule has 0 amide bonds.